The van der Waals surface area contributed by atoms with Crippen molar-refractivity contribution in [2.24, 2.45) is 0 Å². The first-order chi connectivity index (χ1) is 12.2. The van der Waals surface area contributed by atoms with Gasteiger partial charge in [-0.1, -0.05) is 66.2 Å². The Balaban J connectivity index is 5.08. The quantitative estimate of drug-likeness (QED) is 0.114. The maximum atomic E-state index is 5.99. The van der Waals surface area contributed by atoms with E-state index in [1.807, 2.05) is 0 Å². The van der Waals surface area contributed by atoms with Crippen molar-refractivity contribution in [2.75, 3.05) is 0 Å². The summed E-state index contributed by atoms with van der Waals surface area (Å²) in [7, 11) is 0. The van der Waals surface area contributed by atoms with Crippen LogP contribution in [0.4, 0.5) is 0 Å². The van der Waals surface area contributed by atoms with Gasteiger partial charge in [0.25, 0.3) is 0 Å². The van der Waals surface area contributed by atoms with Gasteiger partial charge in [-0.25, -0.2) is 9.78 Å². The van der Waals surface area contributed by atoms with Gasteiger partial charge in [0, 0.05) is 12.8 Å². The maximum Gasteiger partial charge on any atom is 0.234 e. The minimum Gasteiger partial charge on any atom is -0.228 e. The van der Waals surface area contributed by atoms with Gasteiger partial charge >= 0.3 is 0 Å². The Labute approximate surface area is 163 Å². The van der Waals surface area contributed by atoms with Crippen LogP contribution in [0.1, 0.15) is 126 Å². The third kappa shape index (κ3) is 11.5. The molecule has 4 heteroatoms. The molecule has 0 aromatic rings. The van der Waals surface area contributed by atoms with Crippen LogP contribution < -0.4 is 0 Å². The normalized spacial score (nSPS) is 13.4. The second kappa shape index (κ2) is 13.1. The predicted molar refractivity (Wildman–Crippen MR) is 109 cm³/mol. The summed E-state index contributed by atoms with van der Waals surface area (Å²) in [4.78, 5) is 23.7. The molecule has 0 aliphatic rings. The monoisotopic (exact) mass is 374 g/mol. The number of hydrogen-bond donors (Lipinski definition) is 0. The Hall–Kier alpha value is -0.160. The molecule has 0 aromatic carbocycles. The summed E-state index contributed by atoms with van der Waals surface area (Å²) in [6, 6.07) is 0. The van der Waals surface area contributed by atoms with Crippen molar-refractivity contribution in [3.8, 4) is 0 Å². The lowest BCUT2D eigenvalue weighted by Gasteiger charge is -2.37. The highest BCUT2D eigenvalue weighted by molar-refractivity contribution is 4.71. The van der Waals surface area contributed by atoms with E-state index < -0.39 is 5.79 Å². The van der Waals surface area contributed by atoms with E-state index in [1.165, 1.54) is 19.3 Å². The lowest BCUT2D eigenvalue weighted by atomic mass is 10.0. The molecular weight excluding hydrogens is 328 g/mol. The van der Waals surface area contributed by atoms with Crippen LogP contribution in [0.25, 0.3) is 0 Å². The zero-order chi connectivity index (χ0) is 20.1. The lowest BCUT2D eigenvalue weighted by Crippen LogP contribution is -2.42. The average molecular weight is 375 g/mol. The summed E-state index contributed by atoms with van der Waals surface area (Å²) in [5.41, 5.74) is -0.668. The molecule has 0 fully saturated rings. The van der Waals surface area contributed by atoms with E-state index in [9.17, 15) is 0 Å². The van der Waals surface area contributed by atoms with Crippen molar-refractivity contribution in [1.82, 2.24) is 0 Å². The van der Waals surface area contributed by atoms with E-state index in [4.69, 9.17) is 19.6 Å². The van der Waals surface area contributed by atoms with Gasteiger partial charge in [0.1, 0.15) is 0 Å². The van der Waals surface area contributed by atoms with E-state index in [0.717, 1.165) is 51.4 Å². The molecule has 0 spiro atoms. The second-order valence-corrected chi connectivity index (χ2v) is 8.82. The molecule has 158 valence electrons. The van der Waals surface area contributed by atoms with E-state index in [1.54, 1.807) is 0 Å². The fourth-order valence-corrected chi connectivity index (χ4v) is 3.17. The molecule has 0 unspecified atom stereocenters. The first kappa shape index (κ1) is 25.8. The number of unbranched alkanes of at least 4 members (excludes halogenated alkanes) is 3. The summed E-state index contributed by atoms with van der Waals surface area (Å²) >= 11 is 0. The molecule has 4 nitrogen and oxygen atoms in total. The van der Waals surface area contributed by atoms with Crippen LogP contribution in [-0.2, 0) is 19.6 Å². The van der Waals surface area contributed by atoms with Crippen LogP contribution in [0, 0.1) is 0 Å². The first-order valence-corrected chi connectivity index (χ1v) is 10.9. The number of rotatable bonds is 17. The van der Waals surface area contributed by atoms with Gasteiger partial charge in [-0.05, 0) is 47.0 Å². The smallest absolute Gasteiger partial charge is 0.228 e. The highest BCUT2D eigenvalue weighted by Crippen LogP contribution is 2.33. The molecule has 0 radical (unpaired) electrons. The maximum absolute atomic E-state index is 5.99. The molecule has 0 heterocycles. The van der Waals surface area contributed by atoms with Crippen molar-refractivity contribution >= 4 is 0 Å². The molecule has 0 aromatic heterocycles. The van der Waals surface area contributed by atoms with E-state index in [2.05, 4.69) is 55.4 Å². The van der Waals surface area contributed by atoms with E-state index >= 15 is 0 Å². The van der Waals surface area contributed by atoms with Crippen molar-refractivity contribution in [3.63, 3.8) is 0 Å². The Morgan fingerprint density at radius 1 is 0.462 bits per heavy atom. The molecule has 0 amide bonds. The SMILES string of the molecule is CCCCCCC(CCC)(OOC(C)(C)CCC)OOC(C)(C)CCC. The Morgan fingerprint density at radius 2 is 0.923 bits per heavy atom. The van der Waals surface area contributed by atoms with Gasteiger partial charge in [0.05, 0.1) is 11.2 Å². The highest BCUT2D eigenvalue weighted by atomic mass is 17.3. The van der Waals surface area contributed by atoms with Gasteiger partial charge in [-0.2, -0.15) is 9.78 Å². The summed E-state index contributed by atoms with van der Waals surface area (Å²) in [6.45, 7) is 16.9. The van der Waals surface area contributed by atoms with Crippen LogP contribution in [0.2, 0.25) is 0 Å². The standard InChI is InChI=1S/C22H46O4/c1-9-13-14-15-19-22(18-12-4,25-23-20(5,6)16-10-2)26-24-21(7,8)17-11-3/h9-19H2,1-8H3. The molecule has 0 bridgehead atoms. The highest BCUT2D eigenvalue weighted by Gasteiger charge is 2.38. The molecular formula is C22H46O4. The average Bonchev–Trinajstić information content (AvgIpc) is 2.55. The third-order valence-corrected chi connectivity index (χ3v) is 4.58. The fourth-order valence-electron chi connectivity index (χ4n) is 3.17. The summed E-state index contributed by atoms with van der Waals surface area (Å²) < 4.78 is 0. The predicted octanol–water partition coefficient (Wildman–Crippen LogP) is 7.51. The van der Waals surface area contributed by atoms with E-state index in [-0.39, 0.29) is 11.2 Å². The Morgan fingerprint density at radius 3 is 1.31 bits per heavy atom. The number of hydrogen-bond acceptors (Lipinski definition) is 4. The minimum atomic E-state index is -0.835. The lowest BCUT2D eigenvalue weighted by molar-refractivity contribution is -0.546. The van der Waals surface area contributed by atoms with Gasteiger partial charge in [0.2, 0.25) is 5.79 Å². The molecule has 0 atom stereocenters. The Bertz CT molecular complexity index is 317. The molecule has 0 rings (SSSR count). The topological polar surface area (TPSA) is 36.9 Å². The molecule has 0 saturated heterocycles. The summed E-state index contributed by atoms with van der Waals surface area (Å²) in [5.74, 6) is -0.835. The fraction of sp³-hybridized carbons (Fsp3) is 1.00. The van der Waals surface area contributed by atoms with E-state index in [0.29, 0.717) is 0 Å². The van der Waals surface area contributed by atoms with Gasteiger partial charge in [-0.15, -0.1) is 0 Å². The minimum absolute atomic E-state index is 0.334. The largest absolute Gasteiger partial charge is 0.234 e. The molecule has 0 N–H and O–H groups in total. The van der Waals surface area contributed by atoms with Crippen LogP contribution in [0.3, 0.4) is 0 Å². The van der Waals surface area contributed by atoms with Crippen LogP contribution in [0.15, 0.2) is 0 Å². The summed E-state index contributed by atoms with van der Waals surface area (Å²) in [6.07, 6.45) is 11.1. The molecule has 0 aliphatic carbocycles. The van der Waals surface area contributed by atoms with Gasteiger partial charge in [0.15, 0.2) is 0 Å². The molecule has 0 aliphatic heterocycles. The van der Waals surface area contributed by atoms with Crippen molar-refractivity contribution in [2.45, 2.75) is 143 Å². The van der Waals surface area contributed by atoms with Gasteiger partial charge < -0.3 is 0 Å². The third-order valence-electron chi connectivity index (χ3n) is 4.58. The second-order valence-electron chi connectivity index (χ2n) is 8.82. The summed E-state index contributed by atoms with van der Waals surface area (Å²) in [5, 5.41) is 0. The van der Waals surface area contributed by atoms with Crippen LogP contribution >= 0.6 is 0 Å². The van der Waals surface area contributed by atoms with Crippen molar-refractivity contribution in [3.05, 3.63) is 0 Å². The zero-order valence-corrected chi connectivity index (χ0v) is 18.9. The van der Waals surface area contributed by atoms with Crippen LogP contribution in [-0.4, -0.2) is 17.0 Å². The molecule has 26 heavy (non-hydrogen) atoms. The van der Waals surface area contributed by atoms with Crippen molar-refractivity contribution in [1.29, 1.82) is 0 Å². The zero-order valence-electron chi connectivity index (χ0n) is 18.9. The van der Waals surface area contributed by atoms with Crippen LogP contribution in [0.5, 0.6) is 0 Å². The first-order valence-electron chi connectivity index (χ1n) is 10.9. The van der Waals surface area contributed by atoms with Crippen molar-refractivity contribution < 1.29 is 19.6 Å². The van der Waals surface area contributed by atoms with Gasteiger partial charge in [-0.3, -0.25) is 0 Å². The molecule has 0 saturated carbocycles. The Kier molecular flexibility index (Phi) is 13.0.